The van der Waals surface area contributed by atoms with Gasteiger partial charge in [0.05, 0.1) is 13.7 Å². The normalized spacial score (nSPS) is 13.7. The molecule has 1 aromatic heterocycles. The van der Waals surface area contributed by atoms with Crippen molar-refractivity contribution in [1.29, 1.82) is 0 Å². The highest BCUT2D eigenvalue weighted by Crippen LogP contribution is 2.21. The minimum atomic E-state index is -0.690. The summed E-state index contributed by atoms with van der Waals surface area (Å²) in [5.41, 5.74) is -0.351. The van der Waals surface area contributed by atoms with Crippen LogP contribution >= 0.6 is 0 Å². The van der Waals surface area contributed by atoms with Gasteiger partial charge in [0.15, 0.2) is 0 Å². The van der Waals surface area contributed by atoms with Gasteiger partial charge < -0.3 is 14.8 Å². The number of hydrogen-bond donors (Lipinski definition) is 2. The van der Waals surface area contributed by atoms with Crippen LogP contribution < -0.4 is 21.9 Å². The highest BCUT2D eigenvalue weighted by atomic mass is 16.6. The van der Waals surface area contributed by atoms with Crippen LogP contribution in [0.4, 0.5) is 16.2 Å². The highest BCUT2D eigenvalue weighted by molar-refractivity contribution is 5.84. The first-order valence-electron chi connectivity index (χ1n) is 10.8. The Bertz CT molecular complexity index is 1140. The topological polar surface area (TPSA) is 121 Å². The summed E-state index contributed by atoms with van der Waals surface area (Å²) in [6.45, 7) is 4.97. The molecule has 1 aliphatic carbocycles. The number of amides is 1. The molecule has 1 aromatic carbocycles. The fourth-order valence-corrected chi connectivity index (χ4v) is 3.34. The van der Waals surface area contributed by atoms with Gasteiger partial charge in [0.1, 0.15) is 17.8 Å². The van der Waals surface area contributed by atoms with E-state index in [1.54, 1.807) is 45.0 Å². The number of nitrogens with zero attached hydrogens (tertiary/aromatic N) is 2. The van der Waals surface area contributed by atoms with Crippen LogP contribution in [0, 0.1) is 0 Å². The van der Waals surface area contributed by atoms with Crippen molar-refractivity contribution in [1.82, 2.24) is 9.13 Å². The number of anilines is 2. The number of rotatable bonds is 7. The predicted octanol–water partition coefficient (Wildman–Crippen LogP) is 2.54. The van der Waals surface area contributed by atoms with E-state index < -0.39 is 35.5 Å². The van der Waals surface area contributed by atoms with E-state index in [4.69, 9.17) is 4.74 Å². The van der Waals surface area contributed by atoms with Crippen molar-refractivity contribution in [3.05, 3.63) is 56.9 Å². The molecule has 0 atom stereocenters. The molecule has 33 heavy (non-hydrogen) atoms. The van der Waals surface area contributed by atoms with E-state index in [9.17, 15) is 19.2 Å². The van der Waals surface area contributed by atoms with Gasteiger partial charge in [-0.2, -0.15) is 0 Å². The molecule has 0 saturated heterocycles. The molecule has 1 fully saturated rings. The number of nitrogens with one attached hydrogen (secondary N) is 2. The second kappa shape index (κ2) is 9.93. The number of ether oxygens (including phenoxy) is 2. The average Bonchev–Trinajstić information content (AvgIpc) is 2.69. The Balaban J connectivity index is 1.89. The first-order chi connectivity index (χ1) is 15.6. The number of esters is 1. The van der Waals surface area contributed by atoms with Crippen LogP contribution in [0.15, 0.2) is 40.1 Å². The first-order valence-corrected chi connectivity index (χ1v) is 10.8. The van der Waals surface area contributed by atoms with Gasteiger partial charge in [0, 0.05) is 17.9 Å². The number of hydrogen-bond acceptors (Lipinski definition) is 7. The van der Waals surface area contributed by atoms with Crippen molar-refractivity contribution in [3.8, 4) is 0 Å². The second-order valence-corrected chi connectivity index (χ2v) is 9.02. The van der Waals surface area contributed by atoms with Crippen molar-refractivity contribution < 1.29 is 19.1 Å². The monoisotopic (exact) mass is 458 g/mol. The Hall–Kier alpha value is -3.56. The Labute approximate surface area is 191 Å². The summed E-state index contributed by atoms with van der Waals surface area (Å²) in [6.07, 6.45) is 3.84. The summed E-state index contributed by atoms with van der Waals surface area (Å²) in [5, 5.41) is 5.84. The van der Waals surface area contributed by atoms with Crippen LogP contribution in [-0.4, -0.2) is 39.9 Å². The maximum atomic E-state index is 13.0. The van der Waals surface area contributed by atoms with Gasteiger partial charge in [0.2, 0.25) is 0 Å². The van der Waals surface area contributed by atoms with Gasteiger partial charge >= 0.3 is 17.8 Å². The highest BCUT2D eigenvalue weighted by Gasteiger charge is 2.21. The van der Waals surface area contributed by atoms with Crippen LogP contribution in [0.3, 0.4) is 0 Å². The van der Waals surface area contributed by atoms with Gasteiger partial charge in [0.25, 0.3) is 5.56 Å². The Kier molecular flexibility index (Phi) is 7.25. The molecule has 0 unspecified atom stereocenters. The summed E-state index contributed by atoms with van der Waals surface area (Å²) in [5.74, 6) is -0.690. The van der Waals surface area contributed by atoms with E-state index in [2.05, 4.69) is 15.4 Å². The van der Waals surface area contributed by atoms with E-state index in [0.29, 0.717) is 11.3 Å². The zero-order valence-electron chi connectivity index (χ0n) is 19.3. The minimum absolute atomic E-state index is 0.128. The molecule has 178 valence electrons. The fourth-order valence-electron chi connectivity index (χ4n) is 3.34. The summed E-state index contributed by atoms with van der Waals surface area (Å²) < 4.78 is 12.1. The minimum Gasteiger partial charge on any atom is -0.468 e. The molecule has 0 aliphatic heterocycles. The molecule has 1 heterocycles. The molecular weight excluding hydrogens is 428 g/mol. The predicted molar refractivity (Wildman–Crippen MR) is 124 cm³/mol. The molecule has 10 nitrogen and oxygen atoms in total. The smallest absolute Gasteiger partial charge is 0.412 e. The molecule has 2 N–H and O–H groups in total. The first kappa shape index (κ1) is 24.1. The molecule has 1 saturated carbocycles. The molecular formula is C23H30N4O6. The largest absolute Gasteiger partial charge is 0.468 e. The average molecular weight is 459 g/mol. The van der Waals surface area contributed by atoms with E-state index in [-0.39, 0.29) is 18.3 Å². The van der Waals surface area contributed by atoms with Crippen LogP contribution in [0.5, 0.6) is 0 Å². The van der Waals surface area contributed by atoms with Gasteiger partial charge in [-0.05, 0) is 57.7 Å². The van der Waals surface area contributed by atoms with E-state index >= 15 is 0 Å². The molecule has 10 heteroatoms. The maximum Gasteiger partial charge on any atom is 0.412 e. The van der Waals surface area contributed by atoms with Crippen LogP contribution in [0.1, 0.15) is 45.6 Å². The molecule has 0 radical (unpaired) electrons. The summed E-state index contributed by atoms with van der Waals surface area (Å²) in [7, 11) is 1.20. The van der Waals surface area contributed by atoms with Gasteiger partial charge in [-0.25, -0.2) is 14.2 Å². The van der Waals surface area contributed by atoms with Crippen molar-refractivity contribution in [2.75, 3.05) is 17.7 Å². The Morgan fingerprint density at radius 1 is 1.18 bits per heavy atom. The lowest BCUT2D eigenvalue weighted by molar-refractivity contribution is -0.141. The van der Waals surface area contributed by atoms with Gasteiger partial charge in [-0.15, -0.1) is 0 Å². The third-order valence-corrected chi connectivity index (χ3v) is 5.14. The van der Waals surface area contributed by atoms with Crippen molar-refractivity contribution in [2.24, 2.45) is 0 Å². The molecule has 0 spiro atoms. The van der Waals surface area contributed by atoms with Gasteiger partial charge in [-0.3, -0.25) is 19.5 Å². The molecule has 1 aliphatic rings. The van der Waals surface area contributed by atoms with Crippen molar-refractivity contribution >= 4 is 23.4 Å². The lowest BCUT2D eigenvalue weighted by Crippen LogP contribution is -2.44. The SMILES string of the molecule is COC(=O)Cn1c(=O)c(NC2CCC2)cn(Cc2cccc(NC(=O)OC(C)(C)C)c2)c1=O. The third-order valence-electron chi connectivity index (χ3n) is 5.14. The summed E-state index contributed by atoms with van der Waals surface area (Å²) in [6, 6.07) is 7.12. The summed E-state index contributed by atoms with van der Waals surface area (Å²) in [4.78, 5) is 49.7. The lowest BCUT2D eigenvalue weighted by atomic mass is 9.93. The zero-order valence-corrected chi connectivity index (χ0v) is 19.3. The molecule has 1 amide bonds. The van der Waals surface area contributed by atoms with Crippen molar-refractivity contribution in [2.45, 2.75) is 64.8 Å². The van der Waals surface area contributed by atoms with Crippen molar-refractivity contribution in [3.63, 3.8) is 0 Å². The third kappa shape index (κ3) is 6.47. The van der Waals surface area contributed by atoms with Crippen LogP contribution in [0.2, 0.25) is 0 Å². The number of methoxy groups -OCH3 is 1. The lowest BCUT2D eigenvalue weighted by Gasteiger charge is -2.27. The van der Waals surface area contributed by atoms with E-state index in [0.717, 1.165) is 23.8 Å². The van der Waals surface area contributed by atoms with Gasteiger partial charge in [-0.1, -0.05) is 12.1 Å². The second-order valence-electron chi connectivity index (χ2n) is 9.02. The van der Waals surface area contributed by atoms with Crippen LogP contribution in [-0.2, 0) is 27.4 Å². The molecule has 3 rings (SSSR count). The van der Waals surface area contributed by atoms with E-state index in [1.165, 1.54) is 17.9 Å². The number of carbonyl (C=O) groups is 2. The molecule has 2 aromatic rings. The summed E-state index contributed by atoms with van der Waals surface area (Å²) >= 11 is 0. The Morgan fingerprint density at radius 3 is 2.52 bits per heavy atom. The number of benzene rings is 1. The van der Waals surface area contributed by atoms with E-state index in [1.807, 2.05) is 0 Å². The molecule has 0 bridgehead atoms. The zero-order chi connectivity index (χ0) is 24.2. The maximum absolute atomic E-state index is 13.0. The quantitative estimate of drug-likeness (QED) is 0.612. The number of aromatic nitrogens is 2. The van der Waals surface area contributed by atoms with Crippen LogP contribution in [0.25, 0.3) is 0 Å². The standard InChI is InChI=1S/C23H30N4O6/c1-23(2,3)33-21(30)25-17-10-5-7-15(11-17)12-26-13-18(24-16-8-6-9-16)20(29)27(22(26)31)14-19(28)32-4/h5,7,10-11,13,16,24H,6,8-9,12,14H2,1-4H3,(H,25,30). The fraction of sp³-hybridized carbons (Fsp3) is 0.478. The number of carbonyl (C=O) groups excluding carboxylic acids is 2. The Morgan fingerprint density at radius 2 is 1.91 bits per heavy atom.